The molecule has 0 heterocycles. The van der Waals surface area contributed by atoms with E-state index in [2.05, 4.69) is 10.6 Å². The Labute approximate surface area is 73.9 Å². The Balaban J connectivity index is 3.60. The van der Waals surface area contributed by atoms with Gasteiger partial charge < -0.3 is 16.4 Å². The van der Waals surface area contributed by atoms with Gasteiger partial charge in [0.1, 0.15) is 0 Å². The van der Waals surface area contributed by atoms with E-state index < -0.39 is 0 Å². The zero-order chi connectivity index (χ0) is 9.61. The van der Waals surface area contributed by atoms with Crippen molar-refractivity contribution in [3.8, 4) is 0 Å². The minimum absolute atomic E-state index is 0.0227. The Kier molecular flexibility index (Phi) is 4.66. The van der Waals surface area contributed by atoms with Crippen LogP contribution in [0.2, 0.25) is 0 Å². The topological polar surface area (TPSA) is 67.2 Å². The maximum absolute atomic E-state index is 10.9. The second kappa shape index (κ2) is 4.98. The van der Waals surface area contributed by atoms with Crippen molar-refractivity contribution >= 4 is 6.03 Å². The summed E-state index contributed by atoms with van der Waals surface area (Å²) in [6.45, 7) is 7.73. The minimum Gasteiger partial charge on any atom is -0.338 e. The summed E-state index contributed by atoms with van der Waals surface area (Å²) in [6, 6.07) is -0.126. The molecule has 0 unspecified atom stereocenters. The molecule has 0 aliphatic heterocycles. The average molecular weight is 173 g/mol. The molecule has 0 aromatic rings. The molecule has 4 N–H and O–H groups in total. The van der Waals surface area contributed by atoms with Gasteiger partial charge >= 0.3 is 6.03 Å². The highest BCUT2D eigenvalue weighted by Gasteiger charge is 2.15. The van der Waals surface area contributed by atoms with Crippen molar-refractivity contribution in [3.05, 3.63) is 0 Å². The molecule has 4 heteroatoms. The van der Waals surface area contributed by atoms with Crippen molar-refractivity contribution in [1.29, 1.82) is 0 Å². The van der Waals surface area contributed by atoms with E-state index in [-0.39, 0.29) is 11.4 Å². The number of nitrogens with one attached hydrogen (secondary N) is 2. The maximum atomic E-state index is 10.9. The molecule has 0 aromatic carbocycles. The first kappa shape index (κ1) is 11.2. The Morgan fingerprint density at radius 3 is 2.42 bits per heavy atom. The standard InChI is InChI=1S/C8H19N3O/c1-4-10-7(12)11-6-8(2,3)5-9/h4-6,9H2,1-3H3,(H2,10,11,12). The molecule has 0 spiro atoms. The molecule has 0 aromatic heterocycles. The van der Waals surface area contributed by atoms with Crippen LogP contribution in [0, 0.1) is 5.41 Å². The van der Waals surface area contributed by atoms with E-state index in [0.29, 0.717) is 19.6 Å². The van der Waals surface area contributed by atoms with Gasteiger partial charge in [-0.25, -0.2) is 4.79 Å². The molecule has 0 aliphatic carbocycles. The van der Waals surface area contributed by atoms with E-state index in [1.165, 1.54) is 0 Å². The highest BCUT2D eigenvalue weighted by molar-refractivity contribution is 5.73. The number of carbonyl (C=O) groups is 1. The average Bonchev–Trinajstić information content (AvgIpc) is 2.02. The molecular formula is C8H19N3O. The molecule has 4 nitrogen and oxygen atoms in total. The van der Waals surface area contributed by atoms with Crippen molar-refractivity contribution in [2.75, 3.05) is 19.6 Å². The van der Waals surface area contributed by atoms with Gasteiger partial charge in [0.25, 0.3) is 0 Å². The Morgan fingerprint density at radius 2 is 2.00 bits per heavy atom. The van der Waals surface area contributed by atoms with Crippen molar-refractivity contribution in [1.82, 2.24) is 10.6 Å². The number of hydrogen-bond acceptors (Lipinski definition) is 2. The van der Waals surface area contributed by atoms with Gasteiger partial charge in [0.15, 0.2) is 0 Å². The SMILES string of the molecule is CCNC(=O)NCC(C)(C)CN. The van der Waals surface area contributed by atoms with E-state index in [1.54, 1.807) is 0 Å². The van der Waals surface area contributed by atoms with Gasteiger partial charge in [0.2, 0.25) is 0 Å². The normalized spacial score (nSPS) is 11.0. The fourth-order valence-corrected chi connectivity index (χ4v) is 0.615. The zero-order valence-corrected chi connectivity index (χ0v) is 8.11. The van der Waals surface area contributed by atoms with Crippen LogP contribution in [0.25, 0.3) is 0 Å². The highest BCUT2D eigenvalue weighted by atomic mass is 16.2. The van der Waals surface area contributed by atoms with Crippen LogP contribution in [-0.2, 0) is 0 Å². The third-order valence-electron chi connectivity index (χ3n) is 1.62. The van der Waals surface area contributed by atoms with E-state index in [4.69, 9.17) is 5.73 Å². The Bertz CT molecular complexity index is 145. The number of urea groups is 1. The van der Waals surface area contributed by atoms with Crippen LogP contribution >= 0.6 is 0 Å². The summed E-state index contributed by atoms with van der Waals surface area (Å²) in [5.41, 5.74) is 5.47. The number of rotatable bonds is 4. The molecule has 0 aliphatic rings. The Hall–Kier alpha value is -0.770. The van der Waals surface area contributed by atoms with Gasteiger partial charge in [-0.1, -0.05) is 13.8 Å². The summed E-state index contributed by atoms with van der Waals surface area (Å²) in [5.74, 6) is 0. The second-order valence-corrected chi connectivity index (χ2v) is 3.58. The van der Waals surface area contributed by atoms with Crippen LogP contribution in [0.5, 0.6) is 0 Å². The lowest BCUT2D eigenvalue weighted by Gasteiger charge is -2.22. The zero-order valence-electron chi connectivity index (χ0n) is 8.11. The van der Waals surface area contributed by atoms with E-state index in [0.717, 1.165) is 0 Å². The Morgan fingerprint density at radius 1 is 1.42 bits per heavy atom. The molecule has 0 radical (unpaired) electrons. The van der Waals surface area contributed by atoms with Gasteiger partial charge in [-0.05, 0) is 18.9 Å². The smallest absolute Gasteiger partial charge is 0.314 e. The summed E-state index contributed by atoms with van der Waals surface area (Å²) in [7, 11) is 0. The number of amides is 2. The molecule has 0 fully saturated rings. The molecule has 0 atom stereocenters. The second-order valence-electron chi connectivity index (χ2n) is 3.58. The summed E-state index contributed by atoms with van der Waals surface area (Å²) in [5, 5.41) is 5.40. The van der Waals surface area contributed by atoms with E-state index in [9.17, 15) is 4.79 Å². The van der Waals surface area contributed by atoms with E-state index in [1.807, 2.05) is 20.8 Å². The molecule has 0 saturated heterocycles. The molecule has 0 saturated carbocycles. The third kappa shape index (κ3) is 4.96. The third-order valence-corrected chi connectivity index (χ3v) is 1.62. The summed E-state index contributed by atoms with van der Waals surface area (Å²) in [4.78, 5) is 10.9. The van der Waals surface area contributed by atoms with Crippen LogP contribution in [0.1, 0.15) is 20.8 Å². The van der Waals surface area contributed by atoms with Gasteiger partial charge in [-0.3, -0.25) is 0 Å². The molecular weight excluding hydrogens is 154 g/mol. The number of nitrogens with two attached hydrogens (primary N) is 1. The van der Waals surface area contributed by atoms with Gasteiger partial charge in [0, 0.05) is 13.1 Å². The van der Waals surface area contributed by atoms with Gasteiger partial charge in [-0.2, -0.15) is 0 Å². The first-order valence-electron chi connectivity index (χ1n) is 4.23. The van der Waals surface area contributed by atoms with Crippen LogP contribution < -0.4 is 16.4 Å². The van der Waals surface area contributed by atoms with Gasteiger partial charge in [-0.15, -0.1) is 0 Å². The fourth-order valence-electron chi connectivity index (χ4n) is 0.615. The monoisotopic (exact) mass is 173 g/mol. The van der Waals surface area contributed by atoms with E-state index >= 15 is 0 Å². The lowest BCUT2D eigenvalue weighted by Crippen LogP contribution is -2.43. The van der Waals surface area contributed by atoms with Crippen LogP contribution in [0.4, 0.5) is 4.79 Å². The maximum Gasteiger partial charge on any atom is 0.314 e. The van der Waals surface area contributed by atoms with Crippen molar-refractivity contribution in [2.45, 2.75) is 20.8 Å². The van der Waals surface area contributed by atoms with Crippen molar-refractivity contribution < 1.29 is 4.79 Å². The van der Waals surface area contributed by atoms with Gasteiger partial charge in [0.05, 0.1) is 0 Å². The summed E-state index contributed by atoms with van der Waals surface area (Å²) in [6.07, 6.45) is 0. The fraction of sp³-hybridized carbons (Fsp3) is 0.875. The predicted octanol–water partition coefficient (Wildman–Crippen LogP) is 0.290. The summed E-state index contributed by atoms with van der Waals surface area (Å²) < 4.78 is 0. The quantitative estimate of drug-likeness (QED) is 0.572. The molecule has 0 bridgehead atoms. The molecule has 72 valence electrons. The lowest BCUT2D eigenvalue weighted by atomic mass is 9.94. The summed E-state index contributed by atoms with van der Waals surface area (Å²) >= 11 is 0. The lowest BCUT2D eigenvalue weighted by molar-refractivity contribution is 0.235. The van der Waals surface area contributed by atoms with Crippen LogP contribution in [0.3, 0.4) is 0 Å². The largest absolute Gasteiger partial charge is 0.338 e. The first-order chi connectivity index (χ1) is 5.52. The van der Waals surface area contributed by atoms with Crippen molar-refractivity contribution in [3.63, 3.8) is 0 Å². The first-order valence-corrected chi connectivity index (χ1v) is 4.23. The minimum atomic E-state index is -0.126. The molecule has 0 rings (SSSR count). The predicted molar refractivity (Wildman–Crippen MR) is 49.9 cm³/mol. The van der Waals surface area contributed by atoms with Crippen molar-refractivity contribution in [2.24, 2.45) is 11.1 Å². The van der Waals surface area contributed by atoms with Crippen LogP contribution in [0.15, 0.2) is 0 Å². The molecule has 2 amide bonds. The number of carbonyl (C=O) groups excluding carboxylic acids is 1. The van der Waals surface area contributed by atoms with Crippen LogP contribution in [-0.4, -0.2) is 25.7 Å². The molecule has 12 heavy (non-hydrogen) atoms. The highest BCUT2D eigenvalue weighted by Crippen LogP contribution is 2.09. The number of hydrogen-bond donors (Lipinski definition) is 3.